The molecule has 0 unspecified atom stereocenters. The summed E-state index contributed by atoms with van der Waals surface area (Å²) < 4.78 is 5.81. The van der Waals surface area contributed by atoms with Crippen LogP contribution >= 0.6 is 11.3 Å². The molecule has 1 N–H and O–H groups in total. The van der Waals surface area contributed by atoms with Crippen molar-refractivity contribution in [1.82, 2.24) is 9.88 Å². The zero-order valence-electron chi connectivity index (χ0n) is 15.9. The Balaban J connectivity index is 1.77. The summed E-state index contributed by atoms with van der Waals surface area (Å²) in [4.78, 5) is 9.42. The number of anilines is 2. The van der Waals surface area contributed by atoms with Crippen LogP contribution in [0.1, 0.15) is 17.3 Å². The predicted octanol–water partition coefficient (Wildman–Crippen LogP) is 4.06. The monoisotopic (exact) mass is 381 g/mol. The lowest BCUT2D eigenvalue weighted by atomic mass is 10.1. The van der Waals surface area contributed by atoms with Crippen molar-refractivity contribution in [2.45, 2.75) is 6.04 Å². The highest BCUT2D eigenvalue weighted by atomic mass is 32.1. The van der Waals surface area contributed by atoms with Crippen molar-refractivity contribution in [3.05, 3.63) is 53.0 Å². The Morgan fingerprint density at radius 3 is 2.48 bits per heavy atom. The lowest BCUT2D eigenvalue weighted by Gasteiger charge is -2.25. The van der Waals surface area contributed by atoms with Crippen LogP contribution in [0.2, 0.25) is 0 Å². The maximum absolute atomic E-state index is 9.38. The third kappa shape index (κ3) is 4.30. The summed E-state index contributed by atoms with van der Waals surface area (Å²) in [5.41, 5.74) is 2.63. The second-order valence-electron chi connectivity index (χ2n) is 6.63. The number of oxazole rings is 1. The number of aromatic nitrogens is 1. The molecule has 1 atom stereocenters. The van der Waals surface area contributed by atoms with Gasteiger partial charge >= 0.3 is 0 Å². The number of hydrogen-bond acceptors (Lipinski definition) is 7. The Hall–Kier alpha value is -2.82. The number of thiophene rings is 1. The largest absolute Gasteiger partial charge is 0.418 e. The van der Waals surface area contributed by atoms with Crippen LogP contribution < -0.4 is 10.2 Å². The zero-order valence-corrected chi connectivity index (χ0v) is 16.7. The molecule has 0 aliphatic carbocycles. The molecule has 27 heavy (non-hydrogen) atoms. The molecule has 0 fully saturated rings. The molecule has 140 valence electrons. The van der Waals surface area contributed by atoms with E-state index in [9.17, 15) is 5.26 Å². The maximum Gasteiger partial charge on any atom is 0.240 e. The number of benzene rings is 1. The highest BCUT2D eigenvalue weighted by Gasteiger charge is 2.19. The van der Waals surface area contributed by atoms with E-state index in [1.807, 2.05) is 45.7 Å². The second-order valence-corrected chi connectivity index (χ2v) is 7.58. The van der Waals surface area contributed by atoms with Crippen LogP contribution in [-0.2, 0) is 0 Å². The van der Waals surface area contributed by atoms with Gasteiger partial charge in [0.1, 0.15) is 6.07 Å². The van der Waals surface area contributed by atoms with Gasteiger partial charge in [-0.3, -0.25) is 0 Å². The van der Waals surface area contributed by atoms with Gasteiger partial charge in [0, 0.05) is 26.3 Å². The van der Waals surface area contributed by atoms with Crippen LogP contribution in [0, 0.1) is 11.3 Å². The van der Waals surface area contributed by atoms with Crippen molar-refractivity contribution in [2.75, 3.05) is 45.0 Å². The third-order valence-electron chi connectivity index (χ3n) is 4.34. The first-order chi connectivity index (χ1) is 13.0. The van der Waals surface area contributed by atoms with E-state index < -0.39 is 0 Å². The van der Waals surface area contributed by atoms with E-state index in [1.54, 1.807) is 0 Å². The van der Waals surface area contributed by atoms with Crippen molar-refractivity contribution in [1.29, 1.82) is 5.26 Å². The van der Waals surface area contributed by atoms with Crippen molar-refractivity contribution in [2.24, 2.45) is 0 Å². The highest BCUT2D eigenvalue weighted by Crippen LogP contribution is 2.29. The van der Waals surface area contributed by atoms with Gasteiger partial charge in [0.2, 0.25) is 17.5 Å². The normalized spacial score (nSPS) is 12.0. The molecule has 0 aliphatic rings. The highest BCUT2D eigenvalue weighted by molar-refractivity contribution is 7.13. The first-order valence-corrected chi connectivity index (χ1v) is 9.50. The smallest absolute Gasteiger partial charge is 0.240 e. The van der Waals surface area contributed by atoms with E-state index >= 15 is 0 Å². The number of hydrogen-bond donors (Lipinski definition) is 1. The summed E-state index contributed by atoms with van der Waals surface area (Å²) in [6.07, 6.45) is 0. The molecule has 3 rings (SSSR count). The molecule has 0 bridgehead atoms. The summed E-state index contributed by atoms with van der Waals surface area (Å²) in [5.74, 6) is 0.887. The van der Waals surface area contributed by atoms with Gasteiger partial charge in [0.25, 0.3) is 0 Å². The minimum atomic E-state index is 0.128. The van der Waals surface area contributed by atoms with E-state index in [1.165, 1.54) is 16.9 Å². The predicted molar refractivity (Wildman–Crippen MR) is 110 cm³/mol. The van der Waals surface area contributed by atoms with E-state index in [2.05, 4.69) is 50.4 Å². The molecular weight excluding hydrogens is 358 g/mol. The van der Waals surface area contributed by atoms with Gasteiger partial charge in [-0.1, -0.05) is 18.2 Å². The van der Waals surface area contributed by atoms with Crippen LogP contribution in [0.25, 0.3) is 10.8 Å². The van der Waals surface area contributed by atoms with Gasteiger partial charge in [0.15, 0.2) is 0 Å². The fourth-order valence-electron chi connectivity index (χ4n) is 2.80. The Kier molecular flexibility index (Phi) is 5.79. The molecule has 0 aliphatic heterocycles. The third-order valence-corrected chi connectivity index (χ3v) is 5.20. The van der Waals surface area contributed by atoms with Gasteiger partial charge in [0.05, 0.1) is 10.9 Å². The molecule has 7 heteroatoms. The van der Waals surface area contributed by atoms with Gasteiger partial charge < -0.3 is 19.5 Å². The van der Waals surface area contributed by atoms with Crippen molar-refractivity contribution in [3.63, 3.8) is 0 Å². The standard InChI is InChI=1S/C20H23N5OS/c1-24(2)15-9-7-14(8-10-15)17(25(3)4)13-22-19-16(12-21)23-20(26-19)18-6-5-11-27-18/h5-11,17,22H,13H2,1-4H3/t17-/m0/s1. The molecule has 0 saturated carbocycles. The average Bonchev–Trinajstić information content (AvgIpc) is 3.31. The molecule has 0 radical (unpaired) electrons. The molecule has 1 aromatic carbocycles. The van der Waals surface area contributed by atoms with Gasteiger partial charge in [-0.05, 0) is 43.2 Å². The SMILES string of the molecule is CN(C)c1ccc([C@H](CNc2oc(-c3cccs3)nc2C#N)N(C)C)cc1. The quantitative estimate of drug-likeness (QED) is 0.666. The van der Waals surface area contributed by atoms with Crippen LogP contribution in [0.3, 0.4) is 0 Å². The Morgan fingerprint density at radius 2 is 1.93 bits per heavy atom. The number of nitrogens with one attached hydrogen (secondary N) is 1. The molecule has 0 saturated heterocycles. The molecule has 2 heterocycles. The maximum atomic E-state index is 9.38. The van der Waals surface area contributed by atoms with Crippen LogP contribution in [0.4, 0.5) is 11.6 Å². The second kappa shape index (κ2) is 8.25. The number of nitriles is 1. The van der Waals surface area contributed by atoms with Crippen molar-refractivity contribution < 1.29 is 4.42 Å². The fraction of sp³-hybridized carbons (Fsp3) is 0.300. The van der Waals surface area contributed by atoms with Gasteiger partial charge in [-0.15, -0.1) is 11.3 Å². The summed E-state index contributed by atoms with van der Waals surface area (Å²) in [6.45, 7) is 0.599. The molecule has 2 aromatic heterocycles. The van der Waals surface area contributed by atoms with E-state index in [-0.39, 0.29) is 11.7 Å². The van der Waals surface area contributed by atoms with Crippen molar-refractivity contribution in [3.8, 4) is 16.8 Å². The summed E-state index contributed by atoms with van der Waals surface area (Å²) >= 11 is 1.53. The molecule has 6 nitrogen and oxygen atoms in total. The van der Waals surface area contributed by atoms with Gasteiger partial charge in [-0.2, -0.15) is 10.2 Å². The van der Waals surface area contributed by atoms with Crippen LogP contribution in [0.5, 0.6) is 0 Å². The van der Waals surface area contributed by atoms with E-state index in [4.69, 9.17) is 4.42 Å². The molecule has 3 aromatic rings. The van der Waals surface area contributed by atoms with E-state index in [0.29, 0.717) is 18.3 Å². The first kappa shape index (κ1) is 19.0. The van der Waals surface area contributed by atoms with Gasteiger partial charge in [-0.25, -0.2) is 0 Å². The summed E-state index contributed by atoms with van der Waals surface area (Å²) in [6, 6.07) is 14.6. The molecule has 0 spiro atoms. The summed E-state index contributed by atoms with van der Waals surface area (Å²) in [7, 11) is 8.13. The Labute approximate surface area is 163 Å². The lowest BCUT2D eigenvalue weighted by Crippen LogP contribution is -2.27. The average molecular weight is 382 g/mol. The number of likely N-dealkylation sites (N-methyl/N-ethyl adjacent to an activating group) is 1. The molecule has 0 amide bonds. The minimum Gasteiger partial charge on any atom is -0.418 e. The van der Waals surface area contributed by atoms with Crippen LogP contribution in [-0.4, -0.2) is 44.6 Å². The Morgan fingerprint density at radius 1 is 1.19 bits per heavy atom. The minimum absolute atomic E-state index is 0.128. The molecular formula is C20H23N5OS. The number of nitrogens with zero attached hydrogens (tertiary/aromatic N) is 4. The topological polar surface area (TPSA) is 68.3 Å². The summed E-state index contributed by atoms with van der Waals surface area (Å²) in [5, 5.41) is 14.6. The lowest BCUT2D eigenvalue weighted by molar-refractivity contribution is 0.310. The van der Waals surface area contributed by atoms with Crippen molar-refractivity contribution >= 4 is 22.9 Å². The zero-order chi connectivity index (χ0) is 19.4. The number of rotatable bonds is 7. The Bertz CT molecular complexity index is 907. The van der Waals surface area contributed by atoms with E-state index in [0.717, 1.165) is 10.6 Å². The van der Waals surface area contributed by atoms with Crippen LogP contribution in [0.15, 0.2) is 46.2 Å². The fourth-order valence-corrected chi connectivity index (χ4v) is 3.45. The first-order valence-electron chi connectivity index (χ1n) is 8.62.